The largest absolute Gasteiger partial charge is 0.471 e. The number of aliphatic hydroxyl groups is 2. The number of ether oxygens (including phenoxy) is 7. The van der Waals surface area contributed by atoms with Crippen LogP contribution in [-0.4, -0.2) is 134 Å². The second-order valence-electron chi connectivity index (χ2n) is 20.3. The monoisotopic (exact) mass is 971 g/mol. The number of benzene rings is 1. The first kappa shape index (κ1) is 47.6. The van der Waals surface area contributed by atoms with E-state index in [0.29, 0.717) is 0 Å². The van der Waals surface area contributed by atoms with Crippen LogP contribution in [0, 0.1) is 57.7 Å². The highest BCUT2D eigenvalue weighted by Crippen LogP contribution is 2.81. The number of fused-ring (bicyclic) bond motifs is 9. The van der Waals surface area contributed by atoms with E-state index in [1.54, 1.807) is 13.8 Å². The summed E-state index contributed by atoms with van der Waals surface area (Å²) in [6.07, 6.45) is -17.2. The van der Waals surface area contributed by atoms with Crippen molar-refractivity contribution < 1.29 is 97.9 Å². The quantitative estimate of drug-likeness (QED) is 0.145. The Labute approximate surface area is 382 Å². The molecule has 3 saturated heterocycles. The second kappa shape index (κ2) is 14.8. The summed E-state index contributed by atoms with van der Waals surface area (Å²) in [4.78, 5) is 79.1. The van der Waals surface area contributed by atoms with Crippen molar-refractivity contribution in [3.05, 3.63) is 29.8 Å². The minimum absolute atomic E-state index is 0.206. The van der Waals surface area contributed by atoms with E-state index in [1.165, 1.54) is 32.9 Å². The molecule has 0 radical (unpaired) electrons. The van der Waals surface area contributed by atoms with Crippen LogP contribution in [0.25, 0.3) is 0 Å². The Bertz CT molecular complexity index is 2470. The zero-order valence-corrected chi connectivity index (χ0v) is 38.5. The van der Waals surface area contributed by atoms with Gasteiger partial charge in [-0.2, -0.15) is 21.6 Å². The van der Waals surface area contributed by atoms with Gasteiger partial charge >= 0.3 is 41.9 Å². The van der Waals surface area contributed by atoms with Gasteiger partial charge in [-0.25, -0.2) is 9.59 Å². The molecule has 3 N–H and O–H groups in total. The number of methoxy groups -OCH3 is 1. The fraction of sp³-hybridized carbons (Fsp3) is 0.727. The number of hydrogen-bond donors (Lipinski definition) is 3. The van der Waals surface area contributed by atoms with Gasteiger partial charge in [0.2, 0.25) is 5.79 Å². The molecule has 8 fully saturated rings. The molecule has 5 aliphatic carbocycles. The van der Waals surface area contributed by atoms with E-state index in [2.05, 4.69) is 0 Å². The van der Waals surface area contributed by atoms with Gasteiger partial charge in [0.05, 0.1) is 41.2 Å². The first-order chi connectivity index (χ1) is 31.0. The number of hydrogen-bond acceptors (Lipinski definition) is 18. The Morgan fingerprint density at radius 1 is 0.881 bits per heavy atom. The molecular weight excluding hydrogens is 920 g/mol. The van der Waals surface area contributed by atoms with Crippen molar-refractivity contribution in [3.63, 3.8) is 0 Å². The Morgan fingerprint density at radius 2 is 1.51 bits per heavy atom. The first-order valence-corrected chi connectivity index (χ1v) is 23.4. The van der Waals surface area contributed by atoms with Gasteiger partial charge in [0.1, 0.15) is 36.6 Å². The standard InChI is InChI=1S/C44H52F3NO18S/c1-15-24-27(41(7)42(8,56)38(55)65-43(41)33(15)64-43)29(52)25-23-26(32(60-16(2)49)35(40(24,25)6)62-18(4)51)39(5)21(14-22-30(63-22)34(39)61-17(3)50)28(48-37(54)44(45,46)47)31(23)66-67(57,58)20-12-10-11-19(13-20)36(53)59-9/h10-13,15,21-35,52,56H,14H2,1-9H3,(H,48,54)/t15-,21+,22-,23-,24-,25+,26+,27-,28-,29+,30-,31+,32-,33+,34-,35-,39-,40+,41-,42+,43-/m0/s1. The predicted molar refractivity (Wildman–Crippen MR) is 213 cm³/mol. The van der Waals surface area contributed by atoms with E-state index in [9.17, 15) is 60.6 Å². The number of nitrogens with one attached hydrogen (secondary N) is 1. The fourth-order valence-corrected chi connectivity index (χ4v) is 15.9. The molecule has 21 atom stereocenters. The molecule has 1 amide bonds. The van der Waals surface area contributed by atoms with Crippen molar-refractivity contribution in [1.82, 2.24) is 5.32 Å². The summed E-state index contributed by atoms with van der Waals surface area (Å²) in [7, 11) is -4.21. The summed E-state index contributed by atoms with van der Waals surface area (Å²) >= 11 is 0. The van der Waals surface area contributed by atoms with Gasteiger partial charge in [-0.1, -0.05) is 26.8 Å². The van der Waals surface area contributed by atoms with Gasteiger partial charge in [-0.3, -0.25) is 23.4 Å². The summed E-state index contributed by atoms with van der Waals surface area (Å²) in [6, 6.07) is 2.38. The number of amides is 1. The molecule has 9 rings (SSSR count). The van der Waals surface area contributed by atoms with Crippen molar-refractivity contribution >= 4 is 45.9 Å². The highest BCUT2D eigenvalue weighted by atomic mass is 32.2. The Morgan fingerprint density at radius 3 is 2.10 bits per heavy atom. The minimum atomic E-state index is -5.57. The zero-order valence-electron chi connectivity index (χ0n) is 37.7. The van der Waals surface area contributed by atoms with Gasteiger partial charge in [-0.15, -0.1) is 0 Å². The average molecular weight is 972 g/mol. The summed E-state index contributed by atoms with van der Waals surface area (Å²) in [5, 5.41) is 27.6. The smallest absolute Gasteiger partial charge is 0.465 e. The van der Waals surface area contributed by atoms with E-state index >= 15 is 0 Å². The van der Waals surface area contributed by atoms with E-state index in [0.717, 1.165) is 40.0 Å². The maximum absolute atomic E-state index is 14.9. The normalized spacial score (nSPS) is 47.4. The minimum Gasteiger partial charge on any atom is -0.465 e. The summed E-state index contributed by atoms with van der Waals surface area (Å²) < 4.78 is 121. The highest BCUT2D eigenvalue weighted by Gasteiger charge is 2.93. The number of epoxide rings is 2. The fourth-order valence-electron chi connectivity index (χ4n) is 14.8. The molecule has 67 heavy (non-hydrogen) atoms. The number of carbonyl (C=O) groups is 6. The third kappa shape index (κ3) is 6.28. The number of halogens is 3. The molecule has 0 aromatic heterocycles. The zero-order chi connectivity index (χ0) is 49.3. The lowest BCUT2D eigenvalue weighted by atomic mass is 9.40. The lowest BCUT2D eigenvalue weighted by molar-refractivity contribution is -0.284. The van der Waals surface area contributed by atoms with Crippen LogP contribution in [0.1, 0.15) is 72.2 Å². The molecule has 0 unspecified atom stereocenters. The molecule has 19 nitrogen and oxygen atoms in total. The first-order valence-electron chi connectivity index (χ1n) is 21.9. The van der Waals surface area contributed by atoms with E-state index < -0.39 is 181 Å². The molecule has 8 aliphatic rings. The molecule has 3 aliphatic heterocycles. The molecular formula is C44H52F3NO18S. The number of esters is 5. The van der Waals surface area contributed by atoms with E-state index in [1.807, 2.05) is 5.32 Å². The molecule has 1 spiro atoms. The number of rotatable bonds is 8. The molecule has 5 saturated carbocycles. The summed E-state index contributed by atoms with van der Waals surface area (Å²) in [5.41, 5.74) is -8.08. The van der Waals surface area contributed by atoms with Crippen molar-refractivity contribution in [2.75, 3.05) is 7.11 Å². The molecule has 1 aromatic carbocycles. The Hall–Kier alpha value is -4.42. The highest BCUT2D eigenvalue weighted by molar-refractivity contribution is 7.86. The molecule has 1 aromatic rings. The van der Waals surface area contributed by atoms with Crippen LogP contribution >= 0.6 is 0 Å². The second-order valence-corrected chi connectivity index (χ2v) is 21.9. The lowest BCUT2D eigenvalue weighted by Crippen LogP contribution is -2.77. The van der Waals surface area contributed by atoms with Crippen LogP contribution < -0.4 is 5.32 Å². The van der Waals surface area contributed by atoms with Gasteiger partial charge in [0.25, 0.3) is 10.1 Å². The summed E-state index contributed by atoms with van der Waals surface area (Å²) in [6.45, 7) is 10.6. The number of carbonyl (C=O) groups excluding carboxylic acids is 6. The van der Waals surface area contributed by atoms with Crippen molar-refractivity contribution in [2.45, 2.75) is 139 Å². The van der Waals surface area contributed by atoms with E-state index in [4.69, 9.17) is 37.3 Å². The lowest BCUT2D eigenvalue weighted by Gasteiger charge is -2.67. The van der Waals surface area contributed by atoms with Crippen LogP contribution in [-0.2, 0) is 71.4 Å². The molecule has 3 heterocycles. The maximum Gasteiger partial charge on any atom is 0.471 e. The van der Waals surface area contributed by atoms with Gasteiger partial charge in [-0.05, 0) is 56.2 Å². The molecule has 0 bridgehead atoms. The van der Waals surface area contributed by atoms with Crippen LogP contribution in [0.2, 0.25) is 0 Å². The van der Waals surface area contributed by atoms with Gasteiger partial charge < -0.3 is 48.7 Å². The molecule has 23 heteroatoms. The van der Waals surface area contributed by atoms with Crippen LogP contribution in [0.5, 0.6) is 0 Å². The third-order valence-electron chi connectivity index (χ3n) is 17.3. The van der Waals surface area contributed by atoms with Crippen molar-refractivity contribution in [2.24, 2.45) is 57.7 Å². The van der Waals surface area contributed by atoms with Crippen LogP contribution in [0.15, 0.2) is 29.2 Å². The number of alkyl halides is 3. The SMILES string of the molecule is COC(=O)c1cccc(S(=O)(=O)O[C@H]2[C@@H](NC(=O)C(F)(F)F)[C@H]3C[C@@H]4O[C@@H]4[C@H](OC(C)=O)[C@]3(C)[C@H]3[C@H](OC(C)=O)[C@H](OC(C)=O)[C@@]4(C)[C@@H]([C@@H](O)[C@@H]5[C@@H]4[C@H](C)[C@H]4O[C@]46OC(=O)[C@@](C)(O)[C@]56C)[C@H]23)c1. The summed E-state index contributed by atoms with van der Waals surface area (Å²) in [5.74, 6) is -18.3. The average Bonchev–Trinajstić information content (AvgIpc) is 4.14. The Balaban J connectivity index is 1.35. The number of aliphatic hydroxyl groups excluding tert-OH is 1. The van der Waals surface area contributed by atoms with Crippen LogP contribution in [0.4, 0.5) is 13.2 Å². The van der Waals surface area contributed by atoms with Gasteiger partial charge in [0.15, 0.2) is 5.60 Å². The topological polar surface area (TPSA) is 269 Å². The Kier molecular flexibility index (Phi) is 10.5. The van der Waals surface area contributed by atoms with Crippen LogP contribution in [0.3, 0.4) is 0 Å². The maximum atomic E-state index is 14.9. The van der Waals surface area contributed by atoms with Crippen molar-refractivity contribution in [1.29, 1.82) is 0 Å². The predicted octanol–water partition coefficient (Wildman–Crippen LogP) is 1.73. The van der Waals surface area contributed by atoms with E-state index in [-0.39, 0.29) is 12.0 Å². The third-order valence-corrected chi connectivity index (χ3v) is 18.6. The van der Waals surface area contributed by atoms with Gasteiger partial charge in [0, 0.05) is 55.3 Å². The molecule has 368 valence electrons. The van der Waals surface area contributed by atoms with Crippen molar-refractivity contribution in [3.8, 4) is 0 Å².